The van der Waals surface area contributed by atoms with Crippen molar-refractivity contribution in [1.29, 1.82) is 0 Å². The van der Waals surface area contributed by atoms with Gasteiger partial charge >= 0.3 is 5.97 Å². The Morgan fingerprint density at radius 1 is 1.09 bits per heavy atom. The molecule has 1 fully saturated rings. The molecule has 0 bridgehead atoms. The van der Waals surface area contributed by atoms with Gasteiger partial charge in [0.2, 0.25) is 0 Å². The average Bonchev–Trinajstić information content (AvgIpc) is 2.56. The first-order valence-electron chi connectivity index (χ1n) is 7.37. The van der Waals surface area contributed by atoms with E-state index >= 15 is 0 Å². The molecule has 1 aliphatic rings. The van der Waals surface area contributed by atoms with Crippen LogP contribution in [0.25, 0.3) is 11.3 Å². The number of hydrogen-bond acceptors (Lipinski definition) is 4. The first-order valence-corrected chi connectivity index (χ1v) is 7.37. The topological polar surface area (TPSA) is 56.7 Å². The number of piperazine rings is 1. The molecule has 3 rings (SSSR count). The van der Waals surface area contributed by atoms with E-state index in [1.807, 2.05) is 12.1 Å². The van der Waals surface area contributed by atoms with Crippen molar-refractivity contribution < 1.29 is 9.90 Å². The third kappa shape index (κ3) is 3.09. The molecule has 0 radical (unpaired) electrons. The summed E-state index contributed by atoms with van der Waals surface area (Å²) >= 11 is 0. The predicted molar refractivity (Wildman–Crippen MR) is 86.3 cm³/mol. The number of carboxylic acids is 1. The van der Waals surface area contributed by atoms with Gasteiger partial charge in [0, 0.05) is 43.6 Å². The lowest BCUT2D eigenvalue weighted by molar-refractivity contribution is 0.0697. The van der Waals surface area contributed by atoms with Crippen molar-refractivity contribution in [2.45, 2.75) is 0 Å². The van der Waals surface area contributed by atoms with Gasteiger partial charge in [-0.05, 0) is 31.3 Å². The van der Waals surface area contributed by atoms with E-state index in [-0.39, 0.29) is 5.56 Å². The molecule has 0 atom stereocenters. The molecular formula is C17H19N3O2. The summed E-state index contributed by atoms with van der Waals surface area (Å²) in [5.74, 6) is -0.933. The zero-order chi connectivity index (χ0) is 15.5. The number of likely N-dealkylation sites (N-methyl/N-ethyl adjacent to an activating group) is 1. The van der Waals surface area contributed by atoms with E-state index in [0.29, 0.717) is 5.69 Å². The van der Waals surface area contributed by atoms with Crippen molar-refractivity contribution in [3.05, 3.63) is 48.2 Å². The van der Waals surface area contributed by atoms with Gasteiger partial charge in [0.05, 0.1) is 11.3 Å². The van der Waals surface area contributed by atoms with Crippen LogP contribution in [0, 0.1) is 0 Å². The lowest BCUT2D eigenvalue weighted by atomic mass is 10.1. The number of anilines is 1. The smallest absolute Gasteiger partial charge is 0.335 e. The molecule has 1 saturated heterocycles. The van der Waals surface area contributed by atoms with Crippen LogP contribution in [0.2, 0.25) is 0 Å². The highest BCUT2D eigenvalue weighted by atomic mass is 16.4. The lowest BCUT2D eigenvalue weighted by Crippen LogP contribution is -2.44. The molecule has 1 aromatic carbocycles. The number of nitrogens with zero attached hydrogens (tertiary/aromatic N) is 3. The third-order valence-corrected chi connectivity index (χ3v) is 4.04. The first-order chi connectivity index (χ1) is 10.6. The van der Waals surface area contributed by atoms with Crippen LogP contribution in [0.4, 0.5) is 5.69 Å². The van der Waals surface area contributed by atoms with E-state index in [0.717, 1.165) is 31.7 Å². The Hall–Kier alpha value is -2.40. The molecule has 1 aromatic heterocycles. The molecule has 0 unspecified atom stereocenters. The highest BCUT2D eigenvalue weighted by molar-refractivity contribution is 5.88. The van der Waals surface area contributed by atoms with Crippen molar-refractivity contribution in [3.63, 3.8) is 0 Å². The molecule has 2 aromatic rings. The minimum absolute atomic E-state index is 0.258. The highest BCUT2D eigenvalue weighted by Crippen LogP contribution is 2.23. The van der Waals surface area contributed by atoms with Gasteiger partial charge < -0.3 is 14.9 Å². The fraction of sp³-hybridized carbons (Fsp3) is 0.294. The Kier molecular flexibility index (Phi) is 4.06. The van der Waals surface area contributed by atoms with E-state index in [1.54, 1.807) is 6.07 Å². The normalized spacial score (nSPS) is 15.8. The summed E-state index contributed by atoms with van der Waals surface area (Å²) in [5.41, 5.74) is 3.07. The molecule has 2 heterocycles. The molecule has 22 heavy (non-hydrogen) atoms. The highest BCUT2D eigenvalue weighted by Gasteiger charge is 2.14. The number of benzene rings is 1. The zero-order valence-electron chi connectivity index (χ0n) is 12.6. The molecule has 5 nitrogen and oxygen atoms in total. The summed E-state index contributed by atoms with van der Waals surface area (Å²) in [6, 6.07) is 11.3. The van der Waals surface area contributed by atoms with Crippen LogP contribution >= 0.6 is 0 Å². The molecule has 0 amide bonds. The standard InChI is InChI=1S/C17H19N3O2/c1-19-8-10-20(11-9-19)15-4-2-13(3-5-15)16-12-14(17(21)22)6-7-18-16/h2-7,12H,8-11H2,1H3,(H,21,22). The number of hydrogen-bond donors (Lipinski definition) is 1. The summed E-state index contributed by atoms with van der Waals surface area (Å²) in [5, 5.41) is 9.05. The van der Waals surface area contributed by atoms with Gasteiger partial charge in [0.1, 0.15) is 0 Å². The molecule has 0 aliphatic carbocycles. The maximum absolute atomic E-state index is 11.0. The van der Waals surface area contributed by atoms with Crippen molar-refractivity contribution in [2.75, 3.05) is 38.1 Å². The molecule has 0 spiro atoms. The summed E-state index contributed by atoms with van der Waals surface area (Å²) in [7, 11) is 2.14. The molecular weight excluding hydrogens is 278 g/mol. The van der Waals surface area contributed by atoms with Gasteiger partial charge in [-0.25, -0.2) is 4.79 Å². The number of aromatic carboxylic acids is 1. The average molecular weight is 297 g/mol. The summed E-state index contributed by atoms with van der Waals surface area (Å²) in [6.07, 6.45) is 1.53. The summed E-state index contributed by atoms with van der Waals surface area (Å²) < 4.78 is 0. The van der Waals surface area contributed by atoms with Crippen molar-refractivity contribution in [2.24, 2.45) is 0 Å². The quantitative estimate of drug-likeness (QED) is 0.941. The Labute approximate surface area is 129 Å². The Morgan fingerprint density at radius 3 is 2.41 bits per heavy atom. The maximum atomic E-state index is 11.0. The van der Waals surface area contributed by atoms with Crippen LogP contribution in [0.1, 0.15) is 10.4 Å². The number of rotatable bonds is 3. The van der Waals surface area contributed by atoms with Gasteiger partial charge in [-0.15, -0.1) is 0 Å². The monoisotopic (exact) mass is 297 g/mol. The molecule has 0 saturated carbocycles. The van der Waals surface area contributed by atoms with Gasteiger partial charge in [0.25, 0.3) is 0 Å². The van der Waals surface area contributed by atoms with Crippen molar-refractivity contribution in [3.8, 4) is 11.3 Å². The fourth-order valence-electron chi connectivity index (χ4n) is 2.63. The minimum atomic E-state index is -0.933. The van der Waals surface area contributed by atoms with E-state index in [1.165, 1.54) is 18.0 Å². The van der Waals surface area contributed by atoms with E-state index in [9.17, 15) is 4.79 Å². The second kappa shape index (κ2) is 6.15. The van der Waals surface area contributed by atoms with E-state index in [4.69, 9.17) is 5.11 Å². The summed E-state index contributed by atoms with van der Waals surface area (Å²) in [4.78, 5) is 20.0. The molecule has 114 valence electrons. The Balaban J connectivity index is 1.79. The van der Waals surface area contributed by atoms with E-state index < -0.39 is 5.97 Å². The van der Waals surface area contributed by atoms with Gasteiger partial charge in [-0.2, -0.15) is 0 Å². The molecule has 1 N–H and O–H groups in total. The number of carbonyl (C=O) groups is 1. The third-order valence-electron chi connectivity index (χ3n) is 4.04. The second-order valence-corrected chi connectivity index (χ2v) is 5.57. The van der Waals surface area contributed by atoms with E-state index in [2.05, 4.69) is 34.0 Å². The summed E-state index contributed by atoms with van der Waals surface area (Å²) in [6.45, 7) is 4.21. The van der Waals surface area contributed by atoms with Gasteiger partial charge in [0.15, 0.2) is 0 Å². The van der Waals surface area contributed by atoms with Gasteiger partial charge in [-0.3, -0.25) is 4.98 Å². The van der Waals surface area contributed by atoms with Crippen molar-refractivity contribution >= 4 is 11.7 Å². The predicted octanol–water partition coefficient (Wildman–Crippen LogP) is 2.20. The molecule has 1 aliphatic heterocycles. The number of aromatic nitrogens is 1. The largest absolute Gasteiger partial charge is 0.478 e. The fourth-order valence-corrected chi connectivity index (χ4v) is 2.63. The molecule has 5 heteroatoms. The number of pyridine rings is 1. The van der Waals surface area contributed by atoms with Crippen LogP contribution in [-0.2, 0) is 0 Å². The number of carboxylic acid groups (broad SMARTS) is 1. The minimum Gasteiger partial charge on any atom is -0.478 e. The Morgan fingerprint density at radius 2 is 1.77 bits per heavy atom. The van der Waals surface area contributed by atoms with Crippen LogP contribution in [0.3, 0.4) is 0 Å². The first kappa shape index (κ1) is 14.5. The van der Waals surface area contributed by atoms with Crippen LogP contribution < -0.4 is 4.90 Å². The maximum Gasteiger partial charge on any atom is 0.335 e. The second-order valence-electron chi connectivity index (χ2n) is 5.57. The van der Waals surface area contributed by atoms with Crippen LogP contribution in [0.15, 0.2) is 42.6 Å². The van der Waals surface area contributed by atoms with Crippen LogP contribution in [0.5, 0.6) is 0 Å². The lowest BCUT2D eigenvalue weighted by Gasteiger charge is -2.34. The SMILES string of the molecule is CN1CCN(c2ccc(-c3cc(C(=O)O)ccn3)cc2)CC1. The van der Waals surface area contributed by atoms with Crippen molar-refractivity contribution in [1.82, 2.24) is 9.88 Å². The zero-order valence-corrected chi connectivity index (χ0v) is 12.6. The van der Waals surface area contributed by atoms with Gasteiger partial charge in [-0.1, -0.05) is 12.1 Å². The van der Waals surface area contributed by atoms with Crippen LogP contribution in [-0.4, -0.2) is 54.2 Å². The Bertz CT molecular complexity index is 662.